The molecule has 0 radical (unpaired) electrons. The van der Waals surface area contributed by atoms with Gasteiger partial charge in [0.2, 0.25) is 0 Å². The van der Waals surface area contributed by atoms with Crippen molar-refractivity contribution in [2.45, 2.75) is 18.9 Å². The number of ether oxygens (including phenoxy) is 1. The molecule has 0 heterocycles. The second kappa shape index (κ2) is 6.34. The zero-order valence-electron chi connectivity index (χ0n) is 11.0. The van der Waals surface area contributed by atoms with Gasteiger partial charge in [-0.2, -0.15) is 0 Å². The monoisotopic (exact) mass is 259 g/mol. The molecule has 2 nitrogen and oxygen atoms in total. The van der Waals surface area contributed by atoms with Crippen LogP contribution in [-0.4, -0.2) is 7.11 Å². The number of hydrogen-bond acceptors (Lipinski definition) is 2. The molecule has 100 valence electrons. The first-order valence-electron chi connectivity index (χ1n) is 6.33. The van der Waals surface area contributed by atoms with Gasteiger partial charge in [0.05, 0.1) is 7.11 Å². The Kier molecular flexibility index (Phi) is 4.53. The summed E-state index contributed by atoms with van der Waals surface area (Å²) >= 11 is 0. The molecule has 0 aromatic heterocycles. The van der Waals surface area contributed by atoms with Crippen molar-refractivity contribution in [3.63, 3.8) is 0 Å². The van der Waals surface area contributed by atoms with E-state index >= 15 is 0 Å². The van der Waals surface area contributed by atoms with Crippen LogP contribution in [0.25, 0.3) is 0 Å². The summed E-state index contributed by atoms with van der Waals surface area (Å²) in [7, 11) is 1.53. The van der Waals surface area contributed by atoms with E-state index < -0.39 is 0 Å². The quantitative estimate of drug-likeness (QED) is 0.892. The fraction of sp³-hybridized carbons (Fsp3) is 0.250. The van der Waals surface area contributed by atoms with Crippen molar-refractivity contribution >= 4 is 0 Å². The minimum absolute atomic E-state index is 0.0669. The topological polar surface area (TPSA) is 35.2 Å². The number of rotatable bonds is 5. The van der Waals surface area contributed by atoms with Crippen LogP contribution in [0.5, 0.6) is 5.75 Å². The molecule has 0 saturated heterocycles. The van der Waals surface area contributed by atoms with E-state index in [2.05, 4.69) is 0 Å². The Labute approximate surface area is 113 Å². The number of halogens is 1. The maximum absolute atomic E-state index is 13.8. The van der Waals surface area contributed by atoms with E-state index in [1.165, 1.54) is 13.2 Å². The third-order valence-corrected chi connectivity index (χ3v) is 3.21. The zero-order valence-corrected chi connectivity index (χ0v) is 11.0. The summed E-state index contributed by atoms with van der Waals surface area (Å²) < 4.78 is 18.7. The van der Waals surface area contributed by atoms with Gasteiger partial charge in [0.1, 0.15) is 11.6 Å². The van der Waals surface area contributed by atoms with Crippen LogP contribution in [0.3, 0.4) is 0 Å². The van der Waals surface area contributed by atoms with Gasteiger partial charge in [-0.3, -0.25) is 0 Å². The maximum atomic E-state index is 13.8. The van der Waals surface area contributed by atoms with Gasteiger partial charge >= 0.3 is 0 Å². The number of benzene rings is 2. The molecule has 0 bridgehead atoms. The minimum Gasteiger partial charge on any atom is -0.497 e. The Morgan fingerprint density at radius 2 is 1.89 bits per heavy atom. The van der Waals surface area contributed by atoms with Gasteiger partial charge in [0, 0.05) is 12.1 Å². The first-order chi connectivity index (χ1) is 9.20. The molecule has 2 aromatic rings. The van der Waals surface area contributed by atoms with Crippen molar-refractivity contribution in [2.24, 2.45) is 5.73 Å². The molecule has 0 saturated carbocycles. The van der Waals surface area contributed by atoms with E-state index in [9.17, 15) is 4.39 Å². The number of aryl methyl sites for hydroxylation is 1. The molecule has 0 amide bonds. The molecule has 0 aliphatic heterocycles. The Bertz CT molecular complexity index is 528. The molecular weight excluding hydrogens is 241 g/mol. The first kappa shape index (κ1) is 13.6. The van der Waals surface area contributed by atoms with Crippen LogP contribution in [0.4, 0.5) is 4.39 Å². The summed E-state index contributed by atoms with van der Waals surface area (Å²) in [6.45, 7) is 0. The lowest BCUT2D eigenvalue weighted by molar-refractivity contribution is 0.410. The summed E-state index contributed by atoms with van der Waals surface area (Å²) in [5, 5.41) is 0. The van der Waals surface area contributed by atoms with Crippen LogP contribution < -0.4 is 10.5 Å². The van der Waals surface area contributed by atoms with Gasteiger partial charge in [-0.05, 0) is 30.0 Å². The third-order valence-electron chi connectivity index (χ3n) is 3.21. The predicted molar refractivity (Wildman–Crippen MR) is 74.6 cm³/mol. The average Bonchev–Trinajstić information content (AvgIpc) is 2.46. The maximum Gasteiger partial charge on any atom is 0.130 e. The molecule has 0 aliphatic rings. The SMILES string of the molecule is COc1ccc(CCC(N)c2ccccc2)c(F)c1. The normalized spacial score (nSPS) is 12.2. The average molecular weight is 259 g/mol. The van der Waals surface area contributed by atoms with Crippen LogP contribution in [0.2, 0.25) is 0 Å². The highest BCUT2D eigenvalue weighted by Crippen LogP contribution is 2.21. The summed E-state index contributed by atoms with van der Waals surface area (Å²) in [5.41, 5.74) is 7.86. The third kappa shape index (κ3) is 3.55. The highest BCUT2D eigenvalue weighted by molar-refractivity contribution is 5.29. The van der Waals surface area contributed by atoms with Crippen molar-refractivity contribution in [3.8, 4) is 5.75 Å². The van der Waals surface area contributed by atoms with Gasteiger partial charge < -0.3 is 10.5 Å². The number of nitrogens with two attached hydrogens (primary N) is 1. The van der Waals surface area contributed by atoms with Crippen LogP contribution >= 0.6 is 0 Å². The molecular formula is C16H18FNO. The number of methoxy groups -OCH3 is 1. The summed E-state index contributed by atoms with van der Waals surface area (Å²) in [4.78, 5) is 0. The second-order valence-corrected chi connectivity index (χ2v) is 4.51. The van der Waals surface area contributed by atoms with Crippen molar-refractivity contribution < 1.29 is 9.13 Å². The van der Waals surface area contributed by atoms with Crippen LogP contribution in [0.1, 0.15) is 23.6 Å². The molecule has 0 aliphatic carbocycles. The summed E-state index contributed by atoms with van der Waals surface area (Å²) in [6.07, 6.45) is 1.33. The fourth-order valence-electron chi connectivity index (χ4n) is 2.04. The van der Waals surface area contributed by atoms with Crippen molar-refractivity contribution in [1.29, 1.82) is 0 Å². The molecule has 1 atom stereocenters. The van der Waals surface area contributed by atoms with E-state index in [0.29, 0.717) is 24.2 Å². The van der Waals surface area contributed by atoms with E-state index in [-0.39, 0.29) is 11.9 Å². The predicted octanol–water partition coefficient (Wildman–Crippen LogP) is 3.47. The van der Waals surface area contributed by atoms with Crippen molar-refractivity contribution in [2.75, 3.05) is 7.11 Å². The lowest BCUT2D eigenvalue weighted by Gasteiger charge is -2.12. The highest BCUT2D eigenvalue weighted by Gasteiger charge is 2.09. The fourth-order valence-corrected chi connectivity index (χ4v) is 2.04. The molecule has 0 fully saturated rings. The lowest BCUT2D eigenvalue weighted by Crippen LogP contribution is -2.11. The highest BCUT2D eigenvalue weighted by atomic mass is 19.1. The summed E-state index contributed by atoms with van der Waals surface area (Å²) in [5.74, 6) is 0.299. The minimum atomic E-state index is -0.236. The second-order valence-electron chi connectivity index (χ2n) is 4.51. The standard InChI is InChI=1S/C16H18FNO/c1-19-14-9-7-12(15(17)11-14)8-10-16(18)13-5-3-2-4-6-13/h2-7,9,11,16H,8,10,18H2,1H3. The first-order valence-corrected chi connectivity index (χ1v) is 6.33. The van der Waals surface area contributed by atoms with Crippen LogP contribution in [0, 0.1) is 5.82 Å². The molecule has 3 heteroatoms. The smallest absolute Gasteiger partial charge is 0.130 e. The molecule has 19 heavy (non-hydrogen) atoms. The Hall–Kier alpha value is -1.87. The van der Waals surface area contributed by atoms with Crippen LogP contribution in [0.15, 0.2) is 48.5 Å². The van der Waals surface area contributed by atoms with E-state index in [1.54, 1.807) is 12.1 Å². The van der Waals surface area contributed by atoms with Gasteiger partial charge in [-0.1, -0.05) is 36.4 Å². The molecule has 2 rings (SSSR count). The van der Waals surface area contributed by atoms with E-state index in [1.807, 2.05) is 30.3 Å². The molecule has 0 spiro atoms. The number of hydrogen-bond donors (Lipinski definition) is 1. The zero-order chi connectivity index (χ0) is 13.7. The van der Waals surface area contributed by atoms with Gasteiger partial charge in [0.15, 0.2) is 0 Å². The lowest BCUT2D eigenvalue weighted by atomic mass is 9.99. The van der Waals surface area contributed by atoms with Gasteiger partial charge in [-0.15, -0.1) is 0 Å². The largest absolute Gasteiger partial charge is 0.497 e. The Balaban J connectivity index is 1.99. The Morgan fingerprint density at radius 1 is 1.16 bits per heavy atom. The van der Waals surface area contributed by atoms with Crippen LogP contribution in [-0.2, 0) is 6.42 Å². The summed E-state index contributed by atoms with van der Waals surface area (Å²) in [6, 6.07) is 14.7. The molecule has 2 aromatic carbocycles. The Morgan fingerprint density at radius 3 is 2.53 bits per heavy atom. The molecule has 1 unspecified atom stereocenters. The van der Waals surface area contributed by atoms with Crippen molar-refractivity contribution in [3.05, 3.63) is 65.5 Å². The van der Waals surface area contributed by atoms with Crippen molar-refractivity contribution in [1.82, 2.24) is 0 Å². The van der Waals surface area contributed by atoms with E-state index in [0.717, 1.165) is 5.56 Å². The van der Waals surface area contributed by atoms with E-state index in [4.69, 9.17) is 10.5 Å². The van der Waals surface area contributed by atoms with Gasteiger partial charge in [0.25, 0.3) is 0 Å². The van der Waals surface area contributed by atoms with Gasteiger partial charge in [-0.25, -0.2) is 4.39 Å². The molecule has 2 N–H and O–H groups in total.